The fourth-order valence-corrected chi connectivity index (χ4v) is 4.05. The lowest BCUT2D eigenvalue weighted by Crippen LogP contribution is -2.23. The first-order valence-corrected chi connectivity index (χ1v) is 10.4. The van der Waals surface area contributed by atoms with Crippen molar-refractivity contribution in [3.05, 3.63) is 47.7 Å². The molecule has 0 bridgehead atoms. The number of amides is 1. The number of aromatic nitrogens is 1. The molecule has 160 valence electrons. The van der Waals surface area contributed by atoms with Crippen molar-refractivity contribution in [2.45, 2.75) is 17.2 Å². The Hall–Kier alpha value is -4.15. The van der Waals surface area contributed by atoms with E-state index < -0.39 is 5.25 Å². The predicted molar refractivity (Wildman–Crippen MR) is 117 cm³/mol. The number of hydrogen-bond acceptors (Lipinski definition) is 9. The molecular formula is C22H17N5O4S. The van der Waals surface area contributed by atoms with Gasteiger partial charge in [0.1, 0.15) is 47.5 Å². The number of rotatable bonds is 5. The van der Waals surface area contributed by atoms with E-state index in [1.165, 1.54) is 6.26 Å². The van der Waals surface area contributed by atoms with Crippen LogP contribution in [0, 0.1) is 22.7 Å². The van der Waals surface area contributed by atoms with E-state index in [-0.39, 0.29) is 33.4 Å². The van der Waals surface area contributed by atoms with Crippen molar-refractivity contribution in [1.29, 1.82) is 10.5 Å². The van der Waals surface area contributed by atoms with Gasteiger partial charge < -0.3 is 24.9 Å². The molecule has 3 N–H and O–H groups in total. The number of benzene rings is 1. The number of nitriles is 2. The largest absolute Gasteiger partial charge is 0.486 e. The summed E-state index contributed by atoms with van der Waals surface area (Å²) in [5, 5.41) is 21.7. The quantitative estimate of drug-likeness (QED) is 0.560. The van der Waals surface area contributed by atoms with Crippen molar-refractivity contribution in [2.75, 3.05) is 24.3 Å². The summed E-state index contributed by atoms with van der Waals surface area (Å²) in [7, 11) is 0. The second kappa shape index (κ2) is 8.92. The molecule has 1 atom stereocenters. The summed E-state index contributed by atoms with van der Waals surface area (Å²) in [5.74, 6) is 1.16. The number of pyridine rings is 1. The zero-order valence-electron chi connectivity index (χ0n) is 16.9. The van der Waals surface area contributed by atoms with Crippen LogP contribution in [0.4, 0.5) is 11.5 Å². The van der Waals surface area contributed by atoms with Crippen molar-refractivity contribution in [2.24, 2.45) is 0 Å². The van der Waals surface area contributed by atoms with Crippen LogP contribution in [0.2, 0.25) is 0 Å². The van der Waals surface area contributed by atoms with E-state index in [0.717, 1.165) is 11.8 Å². The second-order valence-corrected chi connectivity index (χ2v) is 8.07. The number of nitrogens with one attached hydrogen (secondary N) is 1. The van der Waals surface area contributed by atoms with Gasteiger partial charge in [0.25, 0.3) is 0 Å². The Bertz CT molecular complexity index is 1260. The first-order valence-electron chi connectivity index (χ1n) is 9.56. The molecule has 1 aliphatic heterocycles. The molecule has 1 unspecified atom stereocenters. The highest BCUT2D eigenvalue weighted by Crippen LogP contribution is 2.37. The van der Waals surface area contributed by atoms with Crippen LogP contribution < -0.4 is 20.5 Å². The molecule has 1 aromatic carbocycles. The Labute approximate surface area is 187 Å². The van der Waals surface area contributed by atoms with E-state index in [9.17, 15) is 15.3 Å². The lowest BCUT2D eigenvalue weighted by atomic mass is 10.0. The molecule has 9 nitrogen and oxygen atoms in total. The molecule has 4 rings (SSSR count). The highest BCUT2D eigenvalue weighted by Gasteiger charge is 2.25. The number of furan rings is 1. The standard InChI is InChI=1S/C22H17N5O4S/c1-12(21(28)26-13-4-5-16-18(9-13)31-8-7-30-16)32-22-15(11-24)19(17-3-2-6-29-17)14(10-23)20(25)27-22/h2-6,9,12H,7-8H2,1H3,(H2,25,27)(H,26,28). The first-order chi connectivity index (χ1) is 15.5. The number of carbonyl (C=O) groups is 1. The lowest BCUT2D eigenvalue weighted by Gasteiger charge is -2.19. The van der Waals surface area contributed by atoms with Crippen LogP contribution in [0.5, 0.6) is 11.5 Å². The van der Waals surface area contributed by atoms with E-state index >= 15 is 0 Å². The third kappa shape index (κ3) is 4.04. The van der Waals surface area contributed by atoms with Crippen LogP contribution in [0.1, 0.15) is 18.1 Å². The fourth-order valence-electron chi connectivity index (χ4n) is 3.14. The van der Waals surface area contributed by atoms with Gasteiger partial charge in [-0.15, -0.1) is 0 Å². The minimum absolute atomic E-state index is 0.0418. The number of fused-ring (bicyclic) bond motifs is 1. The number of ether oxygens (including phenoxy) is 2. The molecule has 0 spiro atoms. The minimum Gasteiger partial charge on any atom is -0.486 e. The Kier molecular flexibility index (Phi) is 5.88. The number of hydrogen-bond donors (Lipinski definition) is 2. The maximum absolute atomic E-state index is 12.8. The van der Waals surface area contributed by atoms with E-state index in [4.69, 9.17) is 19.6 Å². The second-order valence-electron chi connectivity index (χ2n) is 6.74. The van der Waals surface area contributed by atoms with Crippen LogP contribution >= 0.6 is 11.8 Å². The van der Waals surface area contributed by atoms with Gasteiger partial charge in [0.15, 0.2) is 11.5 Å². The molecule has 32 heavy (non-hydrogen) atoms. The molecule has 3 heterocycles. The summed E-state index contributed by atoms with van der Waals surface area (Å²) in [6.45, 7) is 2.60. The number of nitrogens with two attached hydrogens (primary N) is 1. The molecule has 3 aromatic rings. The Morgan fingerprint density at radius 1 is 1.19 bits per heavy atom. The summed E-state index contributed by atoms with van der Waals surface area (Å²) in [6, 6.07) is 12.5. The average Bonchev–Trinajstić information content (AvgIpc) is 3.33. The Morgan fingerprint density at radius 2 is 1.94 bits per heavy atom. The van der Waals surface area contributed by atoms with Crippen LogP contribution in [0.25, 0.3) is 11.3 Å². The Balaban J connectivity index is 1.59. The number of anilines is 2. The maximum Gasteiger partial charge on any atom is 0.237 e. The predicted octanol–water partition coefficient (Wildman–Crippen LogP) is 3.56. The monoisotopic (exact) mass is 447 g/mol. The molecular weight excluding hydrogens is 430 g/mol. The topological polar surface area (TPSA) is 147 Å². The van der Waals surface area contributed by atoms with Gasteiger partial charge in [-0.25, -0.2) is 4.98 Å². The SMILES string of the molecule is CC(Sc1nc(N)c(C#N)c(-c2ccco2)c1C#N)C(=O)Nc1ccc2c(c1)OCCO2. The van der Waals surface area contributed by atoms with E-state index in [1.807, 2.05) is 6.07 Å². The third-order valence-corrected chi connectivity index (χ3v) is 5.74. The van der Waals surface area contributed by atoms with Crippen LogP contribution in [-0.2, 0) is 4.79 Å². The third-order valence-electron chi connectivity index (χ3n) is 4.65. The van der Waals surface area contributed by atoms with Gasteiger partial charge in [0.2, 0.25) is 5.91 Å². The van der Waals surface area contributed by atoms with Gasteiger partial charge in [0, 0.05) is 11.8 Å². The van der Waals surface area contributed by atoms with Gasteiger partial charge in [0.05, 0.1) is 22.6 Å². The number of carbonyl (C=O) groups excluding carboxylic acids is 1. The zero-order valence-corrected chi connectivity index (χ0v) is 17.7. The van der Waals surface area contributed by atoms with Gasteiger partial charge in [-0.05, 0) is 31.2 Å². The number of thioether (sulfide) groups is 1. The molecule has 1 amide bonds. The average molecular weight is 447 g/mol. The van der Waals surface area contributed by atoms with Crippen molar-refractivity contribution >= 4 is 29.2 Å². The fraction of sp³-hybridized carbons (Fsp3) is 0.182. The van der Waals surface area contributed by atoms with Crippen molar-refractivity contribution in [1.82, 2.24) is 4.98 Å². The van der Waals surface area contributed by atoms with E-state index in [1.54, 1.807) is 37.3 Å². The maximum atomic E-state index is 12.8. The molecule has 0 radical (unpaired) electrons. The van der Waals surface area contributed by atoms with Gasteiger partial charge in [-0.3, -0.25) is 4.79 Å². The number of nitrogen functional groups attached to an aromatic ring is 1. The molecule has 0 fully saturated rings. The van der Waals surface area contributed by atoms with Gasteiger partial charge in [-0.2, -0.15) is 10.5 Å². The number of nitrogens with zero attached hydrogens (tertiary/aromatic N) is 3. The molecule has 1 aliphatic rings. The van der Waals surface area contributed by atoms with Crippen molar-refractivity contribution in [3.63, 3.8) is 0 Å². The zero-order chi connectivity index (χ0) is 22.7. The molecule has 0 saturated carbocycles. The van der Waals surface area contributed by atoms with Gasteiger partial charge in [-0.1, -0.05) is 11.8 Å². The summed E-state index contributed by atoms with van der Waals surface area (Å²) < 4.78 is 16.4. The molecule has 10 heteroatoms. The van der Waals surface area contributed by atoms with Crippen molar-refractivity contribution in [3.8, 4) is 35.0 Å². The highest BCUT2D eigenvalue weighted by molar-refractivity contribution is 8.00. The normalized spacial score (nSPS) is 13.0. The minimum atomic E-state index is -0.625. The van der Waals surface area contributed by atoms with Crippen LogP contribution in [0.3, 0.4) is 0 Å². The van der Waals surface area contributed by atoms with E-state index in [0.29, 0.717) is 36.2 Å². The molecule has 0 saturated heterocycles. The summed E-state index contributed by atoms with van der Waals surface area (Å²) >= 11 is 1.06. The lowest BCUT2D eigenvalue weighted by molar-refractivity contribution is -0.115. The van der Waals surface area contributed by atoms with E-state index in [2.05, 4.69) is 16.4 Å². The highest BCUT2D eigenvalue weighted by atomic mass is 32.2. The molecule has 2 aromatic heterocycles. The molecule has 0 aliphatic carbocycles. The van der Waals surface area contributed by atoms with Crippen molar-refractivity contribution < 1.29 is 18.7 Å². The Morgan fingerprint density at radius 3 is 2.62 bits per heavy atom. The summed E-state index contributed by atoms with van der Waals surface area (Å²) in [4.78, 5) is 17.0. The first kappa shape index (κ1) is 21.1. The summed E-state index contributed by atoms with van der Waals surface area (Å²) in [5.41, 5.74) is 6.96. The van der Waals surface area contributed by atoms with Crippen LogP contribution in [-0.4, -0.2) is 29.4 Å². The smallest absolute Gasteiger partial charge is 0.237 e. The summed E-state index contributed by atoms with van der Waals surface area (Å²) in [6.07, 6.45) is 1.44. The van der Waals surface area contributed by atoms with Crippen LogP contribution in [0.15, 0.2) is 46.0 Å². The van der Waals surface area contributed by atoms with Gasteiger partial charge >= 0.3 is 0 Å².